The van der Waals surface area contributed by atoms with Crippen LogP contribution in [-0.4, -0.2) is 0 Å². The van der Waals surface area contributed by atoms with Gasteiger partial charge >= 0.3 is 0 Å². The van der Waals surface area contributed by atoms with Gasteiger partial charge in [-0.15, -0.1) is 0 Å². The lowest BCUT2D eigenvalue weighted by Gasteiger charge is -2.13. The van der Waals surface area contributed by atoms with Crippen LogP contribution in [0.2, 0.25) is 10.0 Å². The summed E-state index contributed by atoms with van der Waals surface area (Å²) in [7, 11) is 0. The van der Waals surface area contributed by atoms with Gasteiger partial charge in [-0.25, -0.2) is 0 Å². The second kappa shape index (κ2) is 6.27. The standard InChI is InChI=1S/C17H17Cl2NO/c18-15-7-14(9-20)17(16(19)8-15)21-10-11-4-5-12-2-1-3-13(12)6-11/h4-8H,1-3,9-10,20H2. The van der Waals surface area contributed by atoms with Gasteiger partial charge in [-0.05, 0) is 48.1 Å². The summed E-state index contributed by atoms with van der Waals surface area (Å²) < 4.78 is 5.89. The molecule has 0 fully saturated rings. The molecular formula is C17H17Cl2NO. The predicted octanol–water partition coefficient (Wildman–Crippen LogP) is 4.52. The van der Waals surface area contributed by atoms with E-state index >= 15 is 0 Å². The van der Waals surface area contributed by atoms with E-state index in [0.29, 0.717) is 28.9 Å². The quantitative estimate of drug-likeness (QED) is 0.898. The molecule has 0 heterocycles. The van der Waals surface area contributed by atoms with Crippen LogP contribution in [0.25, 0.3) is 0 Å². The van der Waals surface area contributed by atoms with E-state index in [0.717, 1.165) is 11.1 Å². The van der Waals surface area contributed by atoms with Crippen molar-refractivity contribution in [1.29, 1.82) is 0 Å². The van der Waals surface area contributed by atoms with E-state index in [2.05, 4.69) is 18.2 Å². The van der Waals surface area contributed by atoms with Crippen LogP contribution in [-0.2, 0) is 26.0 Å². The number of aryl methyl sites for hydroxylation is 2. The topological polar surface area (TPSA) is 35.2 Å². The summed E-state index contributed by atoms with van der Waals surface area (Å²) in [4.78, 5) is 0. The molecule has 1 aliphatic rings. The number of fused-ring (bicyclic) bond motifs is 1. The molecule has 0 saturated carbocycles. The van der Waals surface area contributed by atoms with Gasteiger partial charge in [0.05, 0.1) is 5.02 Å². The Morgan fingerprint density at radius 2 is 1.86 bits per heavy atom. The van der Waals surface area contributed by atoms with Gasteiger partial charge in [0.2, 0.25) is 0 Å². The minimum atomic E-state index is 0.347. The second-order valence-electron chi connectivity index (χ2n) is 5.33. The van der Waals surface area contributed by atoms with Crippen molar-refractivity contribution >= 4 is 23.2 Å². The van der Waals surface area contributed by atoms with E-state index in [4.69, 9.17) is 33.7 Å². The Morgan fingerprint density at radius 1 is 1.05 bits per heavy atom. The van der Waals surface area contributed by atoms with Gasteiger partial charge in [0.25, 0.3) is 0 Å². The first kappa shape index (κ1) is 14.7. The first-order valence-corrected chi connectivity index (χ1v) is 7.84. The number of hydrogen-bond donors (Lipinski definition) is 1. The lowest BCUT2D eigenvalue weighted by atomic mass is 10.1. The Labute approximate surface area is 134 Å². The summed E-state index contributed by atoms with van der Waals surface area (Å²) in [6.07, 6.45) is 3.61. The number of nitrogens with two attached hydrogens (primary N) is 1. The molecule has 0 amide bonds. The minimum Gasteiger partial charge on any atom is -0.487 e. The fourth-order valence-electron chi connectivity index (χ4n) is 2.80. The number of halogens is 2. The highest BCUT2D eigenvalue weighted by atomic mass is 35.5. The van der Waals surface area contributed by atoms with E-state index in [1.54, 1.807) is 12.1 Å². The lowest BCUT2D eigenvalue weighted by Crippen LogP contribution is -2.04. The highest BCUT2D eigenvalue weighted by Crippen LogP contribution is 2.33. The molecular weight excluding hydrogens is 305 g/mol. The zero-order valence-electron chi connectivity index (χ0n) is 11.7. The van der Waals surface area contributed by atoms with E-state index in [9.17, 15) is 0 Å². The van der Waals surface area contributed by atoms with Gasteiger partial charge in [-0.1, -0.05) is 41.4 Å². The minimum absolute atomic E-state index is 0.347. The maximum atomic E-state index is 6.21. The first-order valence-electron chi connectivity index (χ1n) is 7.09. The average Bonchev–Trinajstić information content (AvgIpc) is 2.93. The molecule has 0 atom stereocenters. The Morgan fingerprint density at radius 3 is 2.67 bits per heavy atom. The molecule has 2 aromatic rings. The highest BCUT2D eigenvalue weighted by Gasteiger charge is 2.13. The fourth-order valence-corrected chi connectivity index (χ4v) is 3.39. The Hall–Kier alpha value is -1.22. The number of hydrogen-bond acceptors (Lipinski definition) is 2. The van der Waals surface area contributed by atoms with Crippen LogP contribution < -0.4 is 10.5 Å². The van der Waals surface area contributed by atoms with Gasteiger partial charge in [0, 0.05) is 17.1 Å². The second-order valence-corrected chi connectivity index (χ2v) is 6.17. The number of ether oxygens (including phenoxy) is 1. The molecule has 0 aromatic heterocycles. The Bertz CT molecular complexity index is 670. The summed E-state index contributed by atoms with van der Waals surface area (Å²) in [5.41, 5.74) is 10.6. The molecule has 0 spiro atoms. The predicted molar refractivity (Wildman–Crippen MR) is 87.2 cm³/mol. The van der Waals surface area contributed by atoms with Gasteiger partial charge in [-0.3, -0.25) is 0 Å². The smallest absolute Gasteiger partial charge is 0.142 e. The molecule has 0 saturated heterocycles. The molecule has 110 valence electrons. The van der Waals surface area contributed by atoms with Crippen molar-refractivity contribution in [2.75, 3.05) is 0 Å². The van der Waals surface area contributed by atoms with Crippen molar-refractivity contribution in [3.8, 4) is 5.75 Å². The zero-order chi connectivity index (χ0) is 14.8. The zero-order valence-corrected chi connectivity index (χ0v) is 13.2. The SMILES string of the molecule is NCc1cc(Cl)cc(Cl)c1OCc1ccc2c(c1)CCC2. The summed E-state index contributed by atoms with van der Waals surface area (Å²) in [5.74, 6) is 0.629. The largest absolute Gasteiger partial charge is 0.487 e. The normalized spacial score (nSPS) is 13.3. The van der Waals surface area contributed by atoms with Crippen molar-refractivity contribution in [3.05, 3.63) is 62.6 Å². The van der Waals surface area contributed by atoms with Gasteiger partial charge in [-0.2, -0.15) is 0 Å². The molecule has 0 aliphatic heterocycles. The van der Waals surface area contributed by atoms with Gasteiger partial charge in [0.15, 0.2) is 0 Å². The summed E-state index contributed by atoms with van der Waals surface area (Å²) in [6, 6.07) is 10.0. The summed E-state index contributed by atoms with van der Waals surface area (Å²) in [6.45, 7) is 0.835. The number of rotatable bonds is 4. The molecule has 0 radical (unpaired) electrons. The molecule has 3 rings (SSSR count). The maximum Gasteiger partial charge on any atom is 0.142 e. The Balaban J connectivity index is 1.79. The molecule has 2 N–H and O–H groups in total. The third-order valence-corrected chi connectivity index (χ3v) is 4.35. The van der Waals surface area contributed by atoms with E-state index < -0.39 is 0 Å². The van der Waals surface area contributed by atoms with E-state index in [-0.39, 0.29) is 0 Å². The lowest BCUT2D eigenvalue weighted by molar-refractivity contribution is 0.303. The van der Waals surface area contributed by atoms with Crippen LogP contribution in [0.4, 0.5) is 0 Å². The van der Waals surface area contributed by atoms with Crippen molar-refractivity contribution in [2.45, 2.75) is 32.4 Å². The van der Waals surface area contributed by atoms with Gasteiger partial charge < -0.3 is 10.5 Å². The van der Waals surface area contributed by atoms with Crippen LogP contribution in [0.1, 0.15) is 28.7 Å². The molecule has 0 bridgehead atoms. The number of benzene rings is 2. The van der Waals surface area contributed by atoms with Crippen LogP contribution in [0.3, 0.4) is 0 Å². The highest BCUT2D eigenvalue weighted by molar-refractivity contribution is 6.35. The van der Waals surface area contributed by atoms with Gasteiger partial charge in [0.1, 0.15) is 12.4 Å². The molecule has 21 heavy (non-hydrogen) atoms. The third-order valence-electron chi connectivity index (χ3n) is 3.85. The van der Waals surface area contributed by atoms with Crippen molar-refractivity contribution in [1.82, 2.24) is 0 Å². The maximum absolute atomic E-state index is 6.21. The molecule has 0 unspecified atom stereocenters. The van der Waals surface area contributed by atoms with Crippen LogP contribution in [0.5, 0.6) is 5.75 Å². The molecule has 2 nitrogen and oxygen atoms in total. The summed E-state index contributed by atoms with van der Waals surface area (Å²) in [5, 5.41) is 1.08. The molecule has 2 aromatic carbocycles. The first-order chi connectivity index (χ1) is 10.2. The monoisotopic (exact) mass is 321 g/mol. The van der Waals surface area contributed by atoms with Crippen molar-refractivity contribution in [2.24, 2.45) is 5.73 Å². The van der Waals surface area contributed by atoms with Crippen molar-refractivity contribution in [3.63, 3.8) is 0 Å². The van der Waals surface area contributed by atoms with Crippen LogP contribution in [0.15, 0.2) is 30.3 Å². The Kier molecular flexibility index (Phi) is 4.39. The fraction of sp³-hybridized carbons (Fsp3) is 0.294. The van der Waals surface area contributed by atoms with Crippen LogP contribution in [0, 0.1) is 0 Å². The molecule has 4 heteroatoms. The van der Waals surface area contributed by atoms with Crippen molar-refractivity contribution < 1.29 is 4.74 Å². The molecule has 1 aliphatic carbocycles. The average molecular weight is 322 g/mol. The van der Waals surface area contributed by atoms with E-state index in [1.165, 1.54) is 30.4 Å². The van der Waals surface area contributed by atoms with Crippen LogP contribution >= 0.6 is 23.2 Å². The third kappa shape index (κ3) is 3.18. The van der Waals surface area contributed by atoms with E-state index in [1.807, 2.05) is 0 Å². The summed E-state index contributed by atoms with van der Waals surface area (Å²) >= 11 is 12.2.